The maximum Gasteiger partial charge on any atom is 0.412 e. The summed E-state index contributed by atoms with van der Waals surface area (Å²) in [6.07, 6.45) is -3.86. The fraction of sp³-hybridized carbons (Fsp3) is 0.308. The van der Waals surface area contributed by atoms with E-state index in [1.54, 1.807) is 0 Å². The first-order valence-electron chi connectivity index (χ1n) is 5.44. The highest BCUT2D eigenvalue weighted by Crippen LogP contribution is 2.29. The molecule has 0 aliphatic heterocycles. The summed E-state index contributed by atoms with van der Waals surface area (Å²) in [5.41, 5.74) is -0.0553. The van der Waals surface area contributed by atoms with Crippen LogP contribution in [-0.4, -0.2) is 17.3 Å². The molecule has 0 heterocycles. The van der Waals surface area contributed by atoms with Crippen LogP contribution in [0.1, 0.15) is 18.4 Å². The molecule has 1 N–H and O–H groups in total. The number of carbonyl (C=O) groups is 1. The van der Waals surface area contributed by atoms with Crippen molar-refractivity contribution in [2.45, 2.75) is 25.4 Å². The summed E-state index contributed by atoms with van der Waals surface area (Å²) in [6, 6.07) is 9.11. The second-order valence-electron chi connectivity index (χ2n) is 3.84. The van der Waals surface area contributed by atoms with Crippen LogP contribution in [-0.2, 0) is 11.2 Å². The molecule has 0 radical (unpaired) electrons. The highest BCUT2D eigenvalue weighted by atomic mass is 19.4. The first-order valence-corrected chi connectivity index (χ1v) is 5.44. The summed E-state index contributed by atoms with van der Waals surface area (Å²) in [7, 11) is 0. The Morgan fingerprint density at radius 1 is 1.22 bits per heavy atom. The van der Waals surface area contributed by atoms with E-state index in [0.29, 0.717) is 6.42 Å². The van der Waals surface area contributed by atoms with Crippen molar-refractivity contribution in [2.24, 2.45) is 0 Å². The number of allylic oxidation sites excluding steroid dienone is 1. The number of halogens is 3. The van der Waals surface area contributed by atoms with Crippen molar-refractivity contribution in [1.82, 2.24) is 0 Å². The molecule has 0 aromatic heterocycles. The Bertz CT molecular complexity index is 422. The van der Waals surface area contributed by atoms with E-state index in [1.165, 1.54) is 0 Å². The van der Waals surface area contributed by atoms with Crippen LogP contribution in [0.5, 0.6) is 0 Å². The van der Waals surface area contributed by atoms with E-state index in [2.05, 4.69) is 0 Å². The molecule has 2 nitrogen and oxygen atoms in total. The van der Waals surface area contributed by atoms with E-state index in [9.17, 15) is 18.0 Å². The normalized spacial score (nSPS) is 12.5. The topological polar surface area (TPSA) is 37.3 Å². The first kappa shape index (κ1) is 14.3. The molecule has 1 aromatic rings. The van der Waals surface area contributed by atoms with Gasteiger partial charge in [-0.25, -0.2) is 4.79 Å². The van der Waals surface area contributed by atoms with Crippen LogP contribution in [0.3, 0.4) is 0 Å². The predicted octanol–water partition coefficient (Wildman–Crippen LogP) is 3.58. The molecule has 0 amide bonds. The SMILES string of the molecule is O=C(O)/C=C(\CCCc1ccccc1)C(F)(F)F. The number of rotatable bonds is 5. The summed E-state index contributed by atoms with van der Waals surface area (Å²) >= 11 is 0. The smallest absolute Gasteiger partial charge is 0.412 e. The molecule has 18 heavy (non-hydrogen) atoms. The van der Waals surface area contributed by atoms with Gasteiger partial charge >= 0.3 is 12.1 Å². The molecule has 0 atom stereocenters. The quantitative estimate of drug-likeness (QED) is 0.819. The number of carboxylic acids is 1. The van der Waals surface area contributed by atoms with E-state index in [0.717, 1.165) is 5.56 Å². The third kappa shape index (κ3) is 5.03. The number of alkyl halides is 3. The van der Waals surface area contributed by atoms with Crippen molar-refractivity contribution >= 4 is 5.97 Å². The first-order chi connectivity index (χ1) is 8.39. The van der Waals surface area contributed by atoms with Crippen molar-refractivity contribution in [3.8, 4) is 0 Å². The predicted molar refractivity (Wildman–Crippen MR) is 61.2 cm³/mol. The van der Waals surface area contributed by atoms with Gasteiger partial charge in [0.05, 0.1) is 0 Å². The van der Waals surface area contributed by atoms with Crippen LogP contribution >= 0.6 is 0 Å². The second-order valence-corrected chi connectivity index (χ2v) is 3.84. The van der Waals surface area contributed by atoms with Gasteiger partial charge in [-0.2, -0.15) is 13.2 Å². The van der Waals surface area contributed by atoms with Gasteiger partial charge in [0.25, 0.3) is 0 Å². The molecule has 0 fully saturated rings. The molecule has 1 aromatic carbocycles. The zero-order valence-corrected chi connectivity index (χ0v) is 9.57. The summed E-state index contributed by atoms with van der Waals surface area (Å²) in [5, 5.41) is 8.39. The van der Waals surface area contributed by atoms with Crippen molar-refractivity contribution in [1.29, 1.82) is 0 Å². The molecule has 1 rings (SSSR count). The van der Waals surface area contributed by atoms with Crippen LogP contribution in [0.25, 0.3) is 0 Å². The molecule has 0 saturated heterocycles. The molecule has 0 aliphatic carbocycles. The van der Waals surface area contributed by atoms with Gasteiger partial charge in [-0.1, -0.05) is 30.3 Å². The van der Waals surface area contributed by atoms with Crippen LogP contribution in [0, 0.1) is 0 Å². The highest BCUT2D eigenvalue weighted by Gasteiger charge is 2.33. The summed E-state index contributed by atoms with van der Waals surface area (Å²) in [4.78, 5) is 10.3. The van der Waals surface area contributed by atoms with Gasteiger partial charge in [-0.05, 0) is 24.8 Å². The van der Waals surface area contributed by atoms with E-state index in [1.807, 2.05) is 30.3 Å². The standard InChI is InChI=1S/C13H13F3O2/c14-13(15,16)11(9-12(17)18)8-4-7-10-5-2-1-3-6-10/h1-3,5-6,9H,4,7-8H2,(H,17,18)/b11-9+. The fourth-order valence-corrected chi connectivity index (χ4v) is 1.57. The number of aryl methyl sites for hydroxylation is 1. The number of aliphatic carboxylic acids is 1. The Labute approximate surface area is 103 Å². The minimum atomic E-state index is -4.57. The Hall–Kier alpha value is -1.78. The van der Waals surface area contributed by atoms with Gasteiger partial charge in [0.15, 0.2) is 0 Å². The van der Waals surface area contributed by atoms with E-state index >= 15 is 0 Å². The van der Waals surface area contributed by atoms with Crippen molar-refractivity contribution in [3.63, 3.8) is 0 Å². The summed E-state index contributed by atoms with van der Waals surface area (Å²) in [5.74, 6) is -1.57. The zero-order chi connectivity index (χ0) is 13.6. The lowest BCUT2D eigenvalue weighted by Crippen LogP contribution is -2.14. The Kier molecular flexibility index (Phi) is 4.95. The molecule has 0 aliphatic rings. The molecule has 0 spiro atoms. The summed E-state index contributed by atoms with van der Waals surface area (Å²) in [6.45, 7) is 0. The molecule has 0 unspecified atom stereocenters. The maximum atomic E-state index is 12.5. The lowest BCUT2D eigenvalue weighted by atomic mass is 10.0. The Morgan fingerprint density at radius 3 is 2.33 bits per heavy atom. The highest BCUT2D eigenvalue weighted by molar-refractivity contribution is 5.80. The number of benzene rings is 1. The minimum Gasteiger partial charge on any atom is -0.478 e. The average molecular weight is 258 g/mol. The Balaban J connectivity index is 2.56. The molecule has 5 heteroatoms. The lowest BCUT2D eigenvalue weighted by Gasteiger charge is -2.10. The van der Waals surface area contributed by atoms with Crippen molar-refractivity contribution in [3.05, 3.63) is 47.5 Å². The molecular formula is C13H13F3O2. The third-order valence-electron chi connectivity index (χ3n) is 2.42. The van der Waals surface area contributed by atoms with E-state index < -0.39 is 17.7 Å². The van der Waals surface area contributed by atoms with Crippen molar-refractivity contribution < 1.29 is 23.1 Å². The van der Waals surface area contributed by atoms with Gasteiger partial charge in [0, 0.05) is 11.6 Å². The lowest BCUT2D eigenvalue weighted by molar-refractivity contribution is -0.132. The largest absolute Gasteiger partial charge is 0.478 e. The van der Waals surface area contributed by atoms with Gasteiger partial charge < -0.3 is 5.11 Å². The monoisotopic (exact) mass is 258 g/mol. The molecule has 0 bridgehead atoms. The van der Waals surface area contributed by atoms with E-state index in [4.69, 9.17) is 5.11 Å². The number of carboxylic acid groups (broad SMARTS) is 1. The van der Waals surface area contributed by atoms with Gasteiger partial charge in [0.2, 0.25) is 0 Å². The van der Waals surface area contributed by atoms with Gasteiger partial charge in [0.1, 0.15) is 0 Å². The van der Waals surface area contributed by atoms with Crippen LogP contribution in [0.15, 0.2) is 42.0 Å². The fourth-order valence-electron chi connectivity index (χ4n) is 1.57. The molecular weight excluding hydrogens is 245 g/mol. The maximum absolute atomic E-state index is 12.5. The summed E-state index contributed by atoms with van der Waals surface area (Å²) < 4.78 is 37.4. The van der Waals surface area contributed by atoms with Crippen LogP contribution < -0.4 is 0 Å². The molecule has 98 valence electrons. The number of hydrogen-bond acceptors (Lipinski definition) is 1. The second kappa shape index (κ2) is 6.23. The molecule has 0 saturated carbocycles. The van der Waals surface area contributed by atoms with E-state index in [-0.39, 0.29) is 18.9 Å². The zero-order valence-electron chi connectivity index (χ0n) is 9.57. The Morgan fingerprint density at radius 2 is 1.83 bits per heavy atom. The average Bonchev–Trinajstić information content (AvgIpc) is 2.27. The third-order valence-corrected chi connectivity index (χ3v) is 2.42. The van der Waals surface area contributed by atoms with Crippen LogP contribution in [0.2, 0.25) is 0 Å². The number of hydrogen-bond donors (Lipinski definition) is 1. The minimum absolute atomic E-state index is 0.241. The van der Waals surface area contributed by atoms with Crippen LogP contribution in [0.4, 0.5) is 13.2 Å². The van der Waals surface area contributed by atoms with Gasteiger partial charge in [-0.15, -0.1) is 0 Å². The van der Waals surface area contributed by atoms with Gasteiger partial charge in [-0.3, -0.25) is 0 Å². The van der Waals surface area contributed by atoms with Crippen molar-refractivity contribution in [2.75, 3.05) is 0 Å².